The summed E-state index contributed by atoms with van der Waals surface area (Å²) in [7, 11) is 0. The van der Waals surface area contributed by atoms with Crippen LogP contribution in [0.1, 0.15) is 31.2 Å². The van der Waals surface area contributed by atoms with Gasteiger partial charge >= 0.3 is 0 Å². The Hall–Kier alpha value is -1.72. The predicted octanol–water partition coefficient (Wildman–Crippen LogP) is 1.86. The highest BCUT2D eigenvalue weighted by molar-refractivity contribution is 5.61. The smallest absolute Gasteiger partial charge is 0.0710 e. The van der Waals surface area contributed by atoms with Gasteiger partial charge in [0.15, 0.2) is 0 Å². The lowest BCUT2D eigenvalue weighted by atomic mass is 9.92. The highest BCUT2D eigenvalue weighted by atomic mass is 16.3. The van der Waals surface area contributed by atoms with Crippen LogP contribution < -0.4 is 5.32 Å². The van der Waals surface area contributed by atoms with E-state index in [-0.39, 0.29) is 12.1 Å². The molecule has 3 N–H and O–H groups in total. The molecule has 0 saturated heterocycles. The maximum Gasteiger partial charge on any atom is 0.0710 e. The Morgan fingerprint density at radius 1 is 1.30 bits per heavy atom. The molecular formula is C15H20N4O. The number of aliphatic hydroxyl groups excluding tert-OH is 1. The van der Waals surface area contributed by atoms with E-state index in [2.05, 4.69) is 20.5 Å². The van der Waals surface area contributed by atoms with Gasteiger partial charge in [-0.2, -0.15) is 5.10 Å². The van der Waals surface area contributed by atoms with Gasteiger partial charge in [-0.05, 0) is 25.0 Å². The van der Waals surface area contributed by atoms with Crippen LogP contribution in [0.25, 0.3) is 11.3 Å². The van der Waals surface area contributed by atoms with Gasteiger partial charge in [-0.3, -0.25) is 10.1 Å². The summed E-state index contributed by atoms with van der Waals surface area (Å²) in [6.07, 6.45) is 9.46. The van der Waals surface area contributed by atoms with E-state index in [0.717, 1.165) is 36.1 Å². The number of aliphatic hydroxyl groups is 1. The molecule has 1 aliphatic rings. The van der Waals surface area contributed by atoms with Gasteiger partial charge in [0.1, 0.15) is 0 Å². The van der Waals surface area contributed by atoms with Gasteiger partial charge in [0.05, 0.1) is 18.0 Å². The molecule has 20 heavy (non-hydrogen) atoms. The van der Waals surface area contributed by atoms with Crippen LogP contribution in [0.5, 0.6) is 0 Å². The van der Waals surface area contributed by atoms with Gasteiger partial charge in [-0.1, -0.05) is 12.8 Å². The first kappa shape index (κ1) is 13.3. The highest BCUT2D eigenvalue weighted by Crippen LogP contribution is 2.22. The zero-order chi connectivity index (χ0) is 13.8. The standard InChI is InChI=1S/C15H20N4O/c20-14-6-2-1-5-13(14)17-9-12-10-18-19-15(12)11-4-3-7-16-8-11/h3-4,7-8,10,13-14,17,20H,1-2,5-6,9H2,(H,18,19). The molecule has 0 aromatic carbocycles. The first-order chi connectivity index (χ1) is 9.84. The topological polar surface area (TPSA) is 73.8 Å². The van der Waals surface area contributed by atoms with E-state index in [1.807, 2.05) is 24.5 Å². The number of hydrogen-bond acceptors (Lipinski definition) is 4. The number of rotatable bonds is 4. The number of pyridine rings is 1. The fourth-order valence-electron chi connectivity index (χ4n) is 2.80. The second-order valence-electron chi connectivity index (χ2n) is 5.35. The van der Waals surface area contributed by atoms with Crippen molar-refractivity contribution < 1.29 is 5.11 Å². The monoisotopic (exact) mass is 272 g/mol. The summed E-state index contributed by atoms with van der Waals surface area (Å²) >= 11 is 0. The summed E-state index contributed by atoms with van der Waals surface area (Å²) in [5, 5.41) is 20.6. The number of H-pyrrole nitrogens is 1. The molecule has 2 aromatic rings. The summed E-state index contributed by atoms with van der Waals surface area (Å²) in [6.45, 7) is 0.711. The van der Waals surface area contributed by atoms with E-state index in [1.165, 1.54) is 6.42 Å². The van der Waals surface area contributed by atoms with Crippen molar-refractivity contribution in [2.75, 3.05) is 0 Å². The van der Waals surface area contributed by atoms with Crippen LogP contribution in [-0.2, 0) is 6.54 Å². The van der Waals surface area contributed by atoms with Crippen LogP contribution >= 0.6 is 0 Å². The molecule has 2 atom stereocenters. The van der Waals surface area contributed by atoms with Crippen molar-refractivity contribution in [3.05, 3.63) is 36.3 Å². The van der Waals surface area contributed by atoms with Crippen molar-refractivity contribution in [3.8, 4) is 11.3 Å². The third-order valence-electron chi connectivity index (χ3n) is 3.95. The van der Waals surface area contributed by atoms with Gasteiger partial charge in [0.25, 0.3) is 0 Å². The molecule has 0 aliphatic heterocycles. The Bertz CT molecular complexity index is 540. The Morgan fingerprint density at radius 2 is 2.20 bits per heavy atom. The lowest BCUT2D eigenvalue weighted by Crippen LogP contribution is -2.41. The summed E-state index contributed by atoms with van der Waals surface area (Å²) in [5.74, 6) is 0. The van der Waals surface area contributed by atoms with Crippen molar-refractivity contribution in [1.82, 2.24) is 20.5 Å². The van der Waals surface area contributed by atoms with Gasteiger partial charge in [-0.25, -0.2) is 0 Å². The van der Waals surface area contributed by atoms with Crippen LogP contribution in [0.15, 0.2) is 30.7 Å². The fraction of sp³-hybridized carbons (Fsp3) is 0.467. The van der Waals surface area contributed by atoms with Crippen LogP contribution in [0.2, 0.25) is 0 Å². The molecule has 2 unspecified atom stereocenters. The number of nitrogens with zero attached hydrogens (tertiary/aromatic N) is 2. The first-order valence-corrected chi connectivity index (χ1v) is 7.18. The molecule has 2 heterocycles. The largest absolute Gasteiger partial charge is 0.392 e. The molecule has 2 aromatic heterocycles. The highest BCUT2D eigenvalue weighted by Gasteiger charge is 2.22. The summed E-state index contributed by atoms with van der Waals surface area (Å²) in [6, 6.07) is 4.12. The normalized spacial score (nSPS) is 22.9. The Kier molecular flexibility index (Phi) is 4.08. The molecule has 0 radical (unpaired) electrons. The average molecular weight is 272 g/mol. The molecule has 1 aliphatic carbocycles. The second-order valence-corrected chi connectivity index (χ2v) is 5.35. The molecule has 3 rings (SSSR count). The fourth-order valence-corrected chi connectivity index (χ4v) is 2.80. The van der Waals surface area contributed by atoms with Crippen molar-refractivity contribution >= 4 is 0 Å². The number of nitrogens with one attached hydrogen (secondary N) is 2. The van der Waals surface area contributed by atoms with Gasteiger partial charge in [-0.15, -0.1) is 0 Å². The molecule has 5 heteroatoms. The van der Waals surface area contributed by atoms with Crippen LogP contribution in [0, 0.1) is 0 Å². The second kappa shape index (κ2) is 6.15. The molecule has 0 bridgehead atoms. The van der Waals surface area contributed by atoms with E-state index < -0.39 is 0 Å². The maximum atomic E-state index is 9.99. The first-order valence-electron chi connectivity index (χ1n) is 7.18. The SMILES string of the molecule is OC1CCCCC1NCc1cn[nH]c1-c1cccnc1. The molecule has 0 spiro atoms. The lowest BCUT2D eigenvalue weighted by Gasteiger charge is -2.28. The number of aromatic nitrogens is 3. The summed E-state index contributed by atoms with van der Waals surface area (Å²) < 4.78 is 0. The van der Waals surface area contributed by atoms with Crippen molar-refractivity contribution in [3.63, 3.8) is 0 Å². The Balaban J connectivity index is 1.68. The van der Waals surface area contributed by atoms with Crippen LogP contribution in [-0.4, -0.2) is 32.4 Å². The molecular weight excluding hydrogens is 252 g/mol. The minimum absolute atomic E-state index is 0.195. The molecule has 1 saturated carbocycles. The maximum absolute atomic E-state index is 9.99. The van der Waals surface area contributed by atoms with E-state index in [1.54, 1.807) is 6.20 Å². The zero-order valence-corrected chi connectivity index (χ0v) is 11.4. The Labute approximate surface area is 118 Å². The van der Waals surface area contributed by atoms with Gasteiger partial charge in [0, 0.05) is 36.1 Å². The third-order valence-corrected chi connectivity index (χ3v) is 3.95. The number of hydrogen-bond donors (Lipinski definition) is 3. The van der Waals surface area contributed by atoms with Gasteiger partial charge in [0.2, 0.25) is 0 Å². The van der Waals surface area contributed by atoms with Crippen LogP contribution in [0.3, 0.4) is 0 Å². The molecule has 106 valence electrons. The quantitative estimate of drug-likeness (QED) is 0.794. The minimum atomic E-state index is -0.225. The third kappa shape index (κ3) is 2.89. The summed E-state index contributed by atoms with van der Waals surface area (Å²) in [4.78, 5) is 4.14. The number of aromatic amines is 1. The average Bonchev–Trinajstić information content (AvgIpc) is 2.96. The van der Waals surface area contributed by atoms with Crippen molar-refractivity contribution in [2.24, 2.45) is 0 Å². The van der Waals surface area contributed by atoms with E-state index >= 15 is 0 Å². The molecule has 1 fully saturated rings. The molecule has 5 nitrogen and oxygen atoms in total. The van der Waals surface area contributed by atoms with Crippen molar-refractivity contribution in [1.29, 1.82) is 0 Å². The van der Waals surface area contributed by atoms with Crippen LogP contribution in [0.4, 0.5) is 0 Å². The van der Waals surface area contributed by atoms with E-state index in [4.69, 9.17) is 0 Å². The summed E-state index contributed by atoms with van der Waals surface area (Å²) in [5.41, 5.74) is 3.14. The van der Waals surface area contributed by atoms with E-state index in [0.29, 0.717) is 6.54 Å². The van der Waals surface area contributed by atoms with E-state index in [9.17, 15) is 5.11 Å². The zero-order valence-electron chi connectivity index (χ0n) is 11.4. The Morgan fingerprint density at radius 3 is 3.00 bits per heavy atom. The predicted molar refractivity (Wildman–Crippen MR) is 76.9 cm³/mol. The lowest BCUT2D eigenvalue weighted by molar-refractivity contribution is 0.0903. The minimum Gasteiger partial charge on any atom is -0.392 e. The van der Waals surface area contributed by atoms with Crippen molar-refractivity contribution in [2.45, 2.75) is 44.4 Å². The van der Waals surface area contributed by atoms with Gasteiger partial charge < -0.3 is 10.4 Å². The molecule has 0 amide bonds.